The van der Waals surface area contributed by atoms with Gasteiger partial charge in [0, 0.05) is 19.8 Å². The molecule has 0 aromatic heterocycles. The number of carbonyl (C=O) groups excluding carboxylic acids is 1. The summed E-state index contributed by atoms with van der Waals surface area (Å²) in [5.41, 5.74) is 3.21. The average molecular weight is 353 g/mol. The molecule has 1 aliphatic carbocycles. The van der Waals surface area contributed by atoms with E-state index in [-0.39, 0.29) is 17.8 Å². The zero-order valence-corrected chi connectivity index (χ0v) is 15.1. The van der Waals surface area contributed by atoms with Crippen LogP contribution in [0.3, 0.4) is 0 Å². The zero-order valence-electron chi connectivity index (χ0n) is 15.1. The second kappa shape index (κ2) is 6.90. The molecule has 1 aliphatic heterocycles. The topological polar surface area (TPSA) is 48.0 Å². The lowest BCUT2D eigenvalue weighted by molar-refractivity contribution is -0.146. The highest BCUT2D eigenvalue weighted by atomic mass is 16.6. The monoisotopic (exact) mass is 353 g/mol. The first kappa shape index (κ1) is 16.8. The number of hydrogen-bond acceptors (Lipinski definition) is 5. The average Bonchev–Trinajstić information content (AvgIpc) is 3.47. The third kappa shape index (κ3) is 3.47. The Hall–Kier alpha value is -2.69. The maximum atomic E-state index is 12.4. The zero-order chi connectivity index (χ0) is 18.1. The van der Waals surface area contributed by atoms with E-state index in [2.05, 4.69) is 0 Å². The maximum Gasteiger partial charge on any atom is 0.309 e. The minimum absolute atomic E-state index is 0.0606. The minimum atomic E-state index is -0.125. The van der Waals surface area contributed by atoms with Crippen LogP contribution in [0.25, 0.3) is 0 Å². The van der Waals surface area contributed by atoms with Crippen LogP contribution in [-0.2, 0) is 16.1 Å². The van der Waals surface area contributed by atoms with Gasteiger partial charge in [0.2, 0.25) is 0 Å². The summed E-state index contributed by atoms with van der Waals surface area (Å²) in [5.74, 6) is 1.58. The number of benzene rings is 2. The number of rotatable bonds is 5. The molecule has 2 aromatic rings. The molecule has 2 aliphatic rings. The van der Waals surface area contributed by atoms with Crippen LogP contribution in [0.5, 0.6) is 11.5 Å². The fraction of sp³-hybridized carbons (Fsp3) is 0.381. The fourth-order valence-electron chi connectivity index (χ4n) is 3.30. The lowest BCUT2D eigenvalue weighted by Crippen LogP contribution is -2.15. The summed E-state index contributed by atoms with van der Waals surface area (Å²) in [6.45, 7) is 1.46. The molecular weight excluding hydrogens is 330 g/mol. The second-order valence-electron chi connectivity index (χ2n) is 7.02. The van der Waals surface area contributed by atoms with Crippen LogP contribution in [0.2, 0.25) is 0 Å². The Balaban J connectivity index is 1.35. The molecule has 0 saturated heterocycles. The smallest absolute Gasteiger partial charge is 0.309 e. The van der Waals surface area contributed by atoms with Crippen molar-refractivity contribution in [2.75, 3.05) is 32.2 Å². The van der Waals surface area contributed by atoms with Crippen LogP contribution in [0.4, 0.5) is 5.69 Å². The van der Waals surface area contributed by atoms with Crippen molar-refractivity contribution in [2.45, 2.75) is 18.9 Å². The number of fused-ring (bicyclic) bond motifs is 1. The molecule has 1 saturated carbocycles. The van der Waals surface area contributed by atoms with E-state index in [0.717, 1.165) is 34.7 Å². The molecule has 5 nitrogen and oxygen atoms in total. The molecule has 0 N–H and O–H groups in total. The van der Waals surface area contributed by atoms with Crippen molar-refractivity contribution >= 4 is 11.7 Å². The lowest BCUT2D eigenvalue weighted by Gasteiger charge is -2.18. The van der Waals surface area contributed by atoms with Gasteiger partial charge in [0.05, 0.1) is 5.92 Å². The predicted octanol–water partition coefficient (Wildman–Crippen LogP) is 3.37. The van der Waals surface area contributed by atoms with E-state index in [9.17, 15) is 4.79 Å². The molecule has 1 heterocycles. The summed E-state index contributed by atoms with van der Waals surface area (Å²) in [6.07, 6.45) is 0.830. The van der Waals surface area contributed by atoms with E-state index in [1.807, 2.05) is 61.5 Å². The molecule has 1 fully saturated rings. The maximum absolute atomic E-state index is 12.4. The van der Waals surface area contributed by atoms with Crippen LogP contribution in [0.1, 0.15) is 23.5 Å². The highest BCUT2D eigenvalue weighted by Gasteiger charge is 2.45. The summed E-state index contributed by atoms with van der Waals surface area (Å²) >= 11 is 0. The van der Waals surface area contributed by atoms with Crippen molar-refractivity contribution in [1.29, 1.82) is 0 Å². The van der Waals surface area contributed by atoms with Crippen molar-refractivity contribution in [2.24, 2.45) is 5.92 Å². The molecule has 136 valence electrons. The van der Waals surface area contributed by atoms with E-state index in [4.69, 9.17) is 14.2 Å². The Labute approximate surface area is 153 Å². The Kier molecular flexibility index (Phi) is 4.45. The first-order chi connectivity index (χ1) is 12.6. The molecule has 26 heavy (non-hydrogen) atoms. The standard InChI is InChI=1S/C21H23NO4/c1-22(2)16-5-3-4-14(10-16)13-26-21(23)18-12-17(18)15-6-7-19-20(11-15)25-9-8-24-19/h3-7,10-11,17-18H,8-9,12-13H2,1-2H3/t17-,18-/m1/s1. The molecule has 0 amide bonds. The van der Waals surface area contributed by atoms with Crippen molar-refractivity contribution in [1.82, 2.24) is 0 Å². The molecule has 0 radical (unpaired) electrons. The van der Waals surface area contributed by atoms with Crippen LogP contribution in [-0.4, -0.2) is 33.3 Å². The largest absolute Gasteiger partial charge is 0.486 e. The van der Waals surface area contributed by atoms with Crippen LogP contribution in [0.15, 0.2) is 42.5 Å². The van der Waals surface area contributed by atoms with E-state index in [1.165, 1.54) is 0 Å². The van der Waals surface area contributed by atoms with E-state index >= 15 is 0 Å². The molecule has 0 spiro atoms. The van der Waals surface area contributed by atoms with E-state index in [0.29, 0.717) is 19.8 Å². The number of ether oxygens (including phenoxy) is 3. The van der Waals surface area contributed by atoms with Gasteiger partial charge in [-0.15, -0.1) is 0 Å². The van der Waals surface area contributed by atoms with Crippen LogP contribution in [0, 0.1) is 5.92 Å². The third-order valence-electron chi connectivity index (χ3n) is 4.90. The minimum Gasteiger partial charge on any atom is -0.486 e. The van der Waals surface area contributed by atoms with Crippen molar-refractivity contribution in [3.05, 3.63) is 53.6 Å². The first-order valence-electron chi connectivity index (χ1n) is 8.94. The van der Waals surface area contributed by atoms with Crippen molar-refractivity contribution in [3.8, 4) is 11.5 Å². The summed E-state index contributed by atoms with van der Waals surface area (Å²) in [4.78, 5) is 14.4. The highest BCUT2D eigenvalue weighted by molar-refractivity contribution is 5.77. The number of carbonyl (C=O) groups is 1. The number of esters is 1. The molecule has 2 aromatic carbocycles. The second-order valence-corrected chi connectivity index (χ2v) is 7.02. The molecule has 0 bridgehead atoms. The summed E-state index contributed by atoms with van der Waals surface area (Å²) in [5, 5.41) is 0. The van der Waals surface area contributed by atoms with E-state index < -0.39 is 0 Å². The van der Waals surface area contributed by atoms with Gasteiger partial charge in [0.15, 0.2) is 11.5 Å². The third-order valence-corrected chi connectivity index (χ3v) is 4.90. The van der Waals surface area contributed by atoms with Gasteiger partial charge in [-0.05, 0) is 47.7 Å². The van der Waals surface area contributed by atoms with Gasteiger partial charge < -0.3 is 19.1 Å². The molecule has 5 heteroatoms. The summed E-state index contributed by atoms with van der Waals surface area (Å²) in [6, 6.07) is 14.0. The fourth-order valence-corrected chi connectivity index (χ4v) is 3.30. The van der Waals surface area contributed by atoms with Gasteiger partial charge >= 0.3 is 5.97 Å². The van der Waals surface area contributed by atoms with Crippen molar-refractivity contribution < 1.29 is 19.0 Å². The number of nitrogens with zero attached hydrogens (tertiary/aromatic N) is 1. The van der Waals surface area contributed by atoms with Gasteiger partial charge in [-0.25, -0.2) is 0 Å². The molecular formula is C21H23NO4. The first-order valence-corrected chi connectivity index (χ1v) is 8.94. The van der Waals surface area contributed by atoms with E-state index in [1.54, 1.807) is 0 Å². The van der Waals surface area contributed by atoms with Gasteiger partial charge in [-0.2, -0.15) is 0 Å². The lowest BCUT2D eigenvalue weighted by atomic mass is 10.1. The van der Waals surface area contributed by atoms with Gasteiger partial charge in [0.25, 0.3) is 0 Å². The molecule has 4 rings (SSSR count). The summed E-state index contributed by atoms with van der Waals surface area (Å²) < 4.78 is 16.7. The van der Waals surface area contributed by atoms with Gasteiger partial charge in [0.1, 0.15) is 19.8 Å². The Morgan fingerprint density at radius 1 is 1.12 bits per heavy atom. The quantitative estimate of drug-likeness (QED) is 0.772. The Morgan fingerprint density at radius 2 is 1.92 bits per heavy atom. The van der Waals surface area contributed by atoms with Gasteiger partial charge in [-0.3, -0.25) is 4.79 Å². The highest BCUT2D eigenvalue weighted by Crippen LogP contribution is 2.50. The number of hydrogen-bond donors (Lipinski definition) is 0. The normalized spacial score (nSPS) is 20.4. The van der Waals surface area contributed by atoms with Crippen LogP contribution < -0.4 is 14.4 Å². The molecule has 0 unspecified atom stereocenters. The Morgan fingerprint density at radius 3 is 2.73 bits per heavy atom. The predicted molar refractivity (Wildman–Crippen MR) is 98.8 cm³/mol. The van der Waals surface area contributed by atoms with Gasteiger partial charge in [-0.1, -0.05) is 18.2 Å². The number of anilines is 1. The SMILES string of the molecule is CN(C)c1cccc(COC(=O)[C@@H]2C[C@@H]2c2ccc3c(c2)OCCO3)c1. The van der Waals surface area contributed by atoms with Crippen molar-refractivity contribution in [3.63, 3.8) is 0 Å². The van der Waals surface area contributed by atoms with Crippen LogP contribution >= 0.6 is 0 Å². The molecule has 2 atom stereocenters. The Bertz CT molecular complexity index is 817. The summed E-state index contributed by atoms with van der Waals surface area (Å²) in [7, 11) is 3.99.